The highest BCUT2D eigenvalue weighted by Crippen LogP contribution is 2.23. The average Bonchev–Trinajstić information content (AvgIpc) is 2.71. The minimum atomic E-state index is 0.00852. The molecule has 0 amide bonds. The predicted molar refractivity (Wildman–Crippen MR) is 68.2 cm³/mol. The highest BCUT2D eigenvalue weighted by molar-refractivity contribution is 9.10. The molecule has 2 unspecified atom stereocenters. The molecule has 0 saturated carbocycles. The van der Waals surface area contributed by atoms with Gasteiger partial charge in [0.15, 0.2) is 0 Å². The van der Waals surface area contributed by atoms with Crippen LogP contribution in [-0.4, -0.2) is 15.8 Å². The van der Waals surface area contributed by atoms with E-state index >= 15 is 0 Å². The van der Waals surface area contributed by atoms with Gasteiger partial charge >= 0.3 is 0 Å². The van der Waals surface area contributed by atoms with Gasteiger partial charge in [0.1, 0.15) is 0 Å². The monoisotopic (exact) mass is 279 g/mol. The quantitative estimate of drug-likeness (QED) is 0.939. The Kier molecular flexibility index (Phi) is 3.41. The fourth-order valence-corrected chi connectivity index (χ4v) is 2.25. The number of nitrogens with two attached hydrogens (primary N) is 1. The second-order valence-electron chi connectivity index (χ2n) is 3.85. The Morgan fingerprint density at radius 1 is 1.38 bits per heavy atom. The van der Waals surface area contributed by atoms with Crippen molar-refractivity contribution in [3.63, 3.8) is 0 Å². The molecule has 2 aromatic rings. The van der Waals surface area contributed by atoms with E-state index in [9.17, 15) is 0 Å². The van der Waals surface area contributed by atoms with Gasteiger partial charge in [0.05, 0.1) is 6.04 Å². The second-order valence-corrected chi connectivity index (χ2v) is 4.76. The average molecular weight is 280 g/mol. The zero-order chi connectivity index (χ0) is 11.5. The molecular formula is C12H14BrN3. The standard InChI is InChI=1S/C12H14BrN3/c1-9(14)12(16-7-3-6-15-16)10-4-2-5-11(13)8-10/h2-9,12H,14H2,1H3. The molecule has 84 valence electrons. The Labute approximate surface area is 103 Å². The number of hydrogen-bond donors (Lipinski definition) is 1. The molecule has 16 heavy (non-hydrogen) atoms. The second kappa shape index (κ2) is 4.80. The fourth-order valence-electron chi connectivity index (χ4n) is 1.83. The predicted octanol–water partition coefficient (Wildman–Crippen LogP) is 2.58. The molecule has 1 heterocycles. The fraction of sp³-hybridized carbons (Fsp3) is 0.250. The smallest absolute Gasteiger partial charge is 0.0916 e. The Morgan fingerprint density at radius 3 is 2.75 bits per heavy atom. The molecule has 0 spiro atoms. The SMILES string of the molecule is CC(N)C(c1cccc(Br)c1)n1cccn1. The normalized spacial score (nSPS) is 14.7. The van der Waals surface area contributed by atoms with E-state index in [1.54, 1.807) is 6.20 Å². The topological polar surface area (TPSA) is 43.8 Å². The lowest BCUT2D eigenvalue weighted by atomic mass is 10.0. The molecular weight excluding hydrogens is 266 g/mol. The van der Waals surface area contributed by atoms with Crippen molar-refractivity contribution in [3.8, 4) is 0 Å². The molecule has 2 atom stereocenters. The summed E-state index contributed by atoms with van der Waals surface area (Å²) in [6, 6.07) is 10.2. The van der Waals surface area contributed by atoms with Crippen LogP contribution in [0.25, 0.3) is 0 Å². The molecule has 0 aliphatic heterocycles. The van der Waals surface area contributed by atoms with Gasteiger partial charge < -0.3 is 5.73 Å². The third-order valence-electron chi connectivity index (χ3n) is 2.50. The van der Waals surface area contributed by atoms with E-state index in [2.05, 4.69) is 33.2 Å². The van der Waals surface area contributed by atoms with Crippen LogP contribution in [-0.2, 0) is 0 Å². The lowest BCUT2D eigenvalue weighted by Gasteiger charge is -2.22. The van der Waals surface area contributed by atoms with Crippen molar-refractivity contribution in [1.29, 1.82) is 0 Å². The first-order valence-corrected chi connectivity index (χ1v) is 5.98. The van der Waals surface area contributed by atoms with E-state index < -0.39 is 0 Å². The summed E-state index contributed by atoms with van der Waals surface area (Å²) in [6.07, 6.45) is 3.71. The Balaban J connectivity index is 2.41. The highest BCUT2D eigenvalue weighted by Gasteiger charge is 2.18. The summed E-state index contributed by atoms with van der Waals surface area (Å²) in [6.45, 7) is 1.99. The lowest BCUT2D eigenvalue weighted by Crippen LogP contribution is -2.30. The number of nitrogens with zero attached hydrogens (tertiary/aromatic N) is 2. The third kappa shape index (κ3) is 2.33. The molecule has 0 saturated heterocycles. The van der Waals surface area contributed by atoms with Gasteiger partial charge in [0.25, 0.3) is 0 Å². The van der Waals surface area contributed by atoms with Crippen molar-refractivity contribution < 1.29 is 0 Å². The maximum Gasteiger partial charge on any atom is 0.0916 e. The number of rotatable bonds is 3. The van der Waals surface area contributed by atoms with Gasteiger partial charge in [-0.15, -0.1) is 0 Å². The van der Waals surface area contributed by atoms with E-state index in [0.29, 0.717) is 0 Å². The lowest BCUT2D eigenvalue weighted by molar-refractivity contribution is 0.454. The van der Waals surface area contributed by atoms with Crippen molar-refractivity contribution in [1.82, 2.24) is 9.78 Å². The van der Waals surface area contributed by atoms with Gasteiger partial charge in [-0.25, -0.2) is 0 Å². The first-order chi connectivity index (χ1) is 7.68. The van der Waals surface area contributed by atoms with Crippen LogP contribution >= 0.6 is 15.9 Å². The first-order valence-electron chi connectivity index (χ1n) is 5.18. The van der Waals surface area contributed by atoms with Crippen LogP contribution in [0.15, 0.2) is 47.2 Å². The number of halogens is 1. The van der Waals surface area contributed by atoms with Crippen molar-refractivity contribution >= 4 is 15.9 Å². The highest BCUT2D eigenvalue weighted by atomic mass is 79.9. The van der Waals surface area contributed by atoms with E-state index in [4.69, 9.17) is 5.73 Å². The number of benzene rings is 1. The minimum Gasteiger partial charge on any atom is -0.326 e. The van der Waals surface area contributed by atoms with Crippen molar-refractivity contribution in [2.45, 2.75) is 19.0 Å². The summed E-state index contributed by atoms with van der Waals surface area (Å²) in [7, 11) is 0. The van der Waals surface area contributed by atoms with Crippen molar-refractivity contribution in [3.05, 3.63) is 52.8 Å². The summed E-state index contributed by atoms with van der Waals surface area (Å²) < 4.78 is 2.95. The van der Waals surface area contributed by atoms with E-state index in [0.717, 1.165) is 10.0 Å². The maximum absolute atomic E-state index is 6.03. The first kappa shape index (κ1) is 11.4. The summed E-state index contributed by atoms with van der Waals surface area (Å²) in [5, 5.41) is 4.27. The summed E-state index contributed by atoms with van der Waals surface area (Å²) in [4.78, 5) is 0. The zero-order valence-electron chi connectivity index (χ0n) is 9.05. The maximum atomic E-state index is 6.03. The molecule has 0 aliphatic carbocycles. The molecule has 0 bridgehead atoms. The van der Waals surface area contributed by atoms with Crippen LogP contribution in [0.2, 0.25) is 0 Å². The van der Waals surface area contributed by atoms with Gasteiger partial charge in [0.2, 0.25) is 0 Å². The molecule has 4 heteroatoms. The number of hydrogen-bond acceptors (Lipinski definition) is 2. The molecule has 0 radical (unpaired) electrons. The molecule has 3 nitrogen and oxygen atoms in total. The summed E-state index contributed by atoms with van der Waals surface area (Å²) in [5.74, 6) is 0. The van der Waals surface area contributed by atoms with Crippen LogP contribution in [0.1, 0.15) is 18.5 Å². The largest absolute Gasteiger partial charge is 0.326 e. The van der Waals surface area contributed by atoms with Crippen LogP contribution in [0.3, 0.4) is 0 Å². The van der Waals surface area contributed by atoms with E-state index in [1.165, 1.54) is 0 Å². The van der Waals surface area contributed by atoms with E-state index in [1.807, 2.05) is 36.0 Å². The molecule has 0 fully saturated rings. The summed E-state index contributed by atoms with van der Waals surface area (Å²) in [5.41, 5.74) is 7.19. The minimum absolute atomic E-state index is 0.00852. The summed E-state index contributed by atoms with van der Waals surface area (Å²) >= 11 is 3.47. The Hall–Kier alpha value is -1.13. The van der Waals surface area contributed by atoms with Gasteiger partial charge in [-0.1, -0.05) is 28.1 Å². The third-order valence-corrected chi connectivity index (χ3v) is 2.99. The molecule has 0 aliphatic rings. The van der Waals surface area contributed by atoms with Gasteiger partial charge in [-0.2, -0.15) is 5.10 Å². The van der Waals surface area contributed by atoms with Crippen LogP contribution < -0.4 is 5.73 Å². The number of aromatic nitrogens is 2. The molecule has 2 rings (SSSR count). The molecule has 1 aromatic carbocycles. The van der Waals surface area contributed by atoms with Gasteiger partial charge in [-0.3, -0.25) is 4.68 Å². The van der Waals surface area contributed by atoms with Crippen LogP contribution in [0, 0.1) is 0 Å². The van der Waals surface area contributed by atoms with Crippen LogP contribution in [0.4, 0.5) is 0 Å². The van der Waals surface area contributed by atoms with Crippen molar-refractivity contribution in [2.24, 2.45) is 5.73 Å². The van der Waals surface area contributed by atoms with Crippen molar-refractivity contribution in [2.75, 3.05) is 0 Å². The Morgan fingerprint density at radius 2 is 2.19 bits per heavy atom. The molecule has 1 aromatic heterocycles. The zero-order valence-corrected chi connectivity index (χ0v) is 10.6. The van der Waals surface area contributed by atoms with Gasteiger partial charge in [0, 0.05) is 22.9 Å². The van der Waals surface area contributed by atoms with E-state index in [-0.39, 0.29) is 12.1 Å². The molecule has 2 N–H and O–H groups in total. The van der Waals surface area contributed by atoms with Crippen LogP contribution in [0.5, 0.6) is 0 Å². The Bertz CT molecular complexity index is 451. The van der Waals surface area contributed by atoms with Gasteiger partial charge in [-0.05, 0) is 30.7 Å².